The van der Waals surface area contributed by atoms with Crippen LogP contribution in [0.5, 0.6) is 5.88 Å². The highest BCUT2D eigenvalue weighted by molar-refractivity contribution is 5.83. The van der Waals surface area contributed by atoms with Crippen molar-refractivity contribution in [3.8, 4) is 17.1 Å². The third-order valence-corrected chi connectivity index (χ3v) is 5.14. The minimum absolute atomic E-state index is 0.00735. The van der Waals surface area contributed by atoms with E-state index in [-0.39, 0.29) is 24.4 Å². The van der Waals surface area contributed by atoms with Crippen molar-refractivity contribution in [3.05, 3.63) is 42.5 Å². The summed E-state index contributed by atoms with van der Waals surface area (Å²) in [6.07, 6.45) is 2.88. The van der Waals surface area contributed by atoms with Crippen molar-refractivity contribution in [3.63, 3.8) is 0 Å². The molecule has 0 aliphatic carbocycles. The van der Waals surface area contributed by atoms with E-state index in [1.807, 2.05) is 6.07 Å². The summed E-state index contributed by atoms with van der Waals surface area (Å²) in [6, 6.07) is 6.72. The summed E-state index contributed by atoms with van der Waals surface area (Å²) < 4.78 is 26.2. The van der Waals surface area contributed by atoms with Gasteiger partial charge in [0.2, 0.25) is 11.8 Å². The fourth-order valence-corrected chi connectivity index (χ4v) is 3.50. The maximum Gasteiger partial charge on any atom is 0.242 e. The maximum atomic E-state index is 14.5. The second kappa shape index (κ2) is 8.81. The van der Waals surface area contributed by atoms with E-state index in [4.69, 9.17) is 9.47 Å². The van der Waals surface area contributed by atoms with Gasteiger partial charge in [-0.05, 0) is 18.2 Å². The van der Waals surface area contributed by atoms with Crippen LogP contribution in [0.1, 0.15) is 6.92 Å². The Bertz CT molecular complexity index is 1110. The van der Waals surface area contributed by atoms with E-state index in [0.29, 0.717) is 53.6 Å². The lowest BCUT2D eigenvalue weighted by atomic mass is 10.1. The van der Waals surface area contributed by atoms with Crippen molar-refractivity contribution in [1.82, 2.24) is 19.9 Å². The summed E-state index contributed by atoms with van der Waals surface area (Å²) in [4.78, 5) is 28.4. The number of fused-ring (bicyclic) bond motifs is 1. The molecule has 0 bridgehead atoms. The first-order valence-electron chi connectivity index (χ1n) is 10.0. The van der Waals surface area contributed by atoms with Crippen LogP contribution in [0.2, 0.25) is 0 Å². The number of morpholine rings is 1. The number of hydrogen-bond acceptors (Lipinski definition) is 7. The molecule has 1 aliphatic heterocycles. The van der Waals surface area contributed by atoms with Crippen molar-refractivity contribution < 1.29 is 18.7 Å². The van der Waals surface area contributed by atoms with Gasteiger partial charge >= 0.3 is 0 Å². The van der Waals surface area contributed by atoms with Crippen LogP contribution >= 0.6 is 0 Å². The van der Waals surface area contributed by atoms with E-state index in [2.05, 4.69) is 15.0 Å². The topological polar surface area (TPSA) is 80.7 Å². The molecule has 2 aromatic heterocycles. The van der Waals surface area contributed by atoms with Gasteiger partial charge in [-0.3, -0.25) is 9.78 Å². The SMILES string of the molecule is CC(=O)N1CCO[C@H](COc2nc(-c3ccc(N(C)C)c(F)c3)cc3nccnc23)C1. The quantitative estimate of drug-likeness (QED) is 0.621. The van der Waals surface area contributed by atoms with Crippen LogP contribution in [-0.2, 0) is 9.53 Å². The Morgan fingerprint density at radius 2 is 2.10 bits per heavy atom. The van der Waals surface area contributed by atoms with Gasteiger partial charge in [0.25, 0.3) is 0 Å². The molecule has 31 heavy (non-hydrogen) atoms. The molecular weight excluding hydrogens is 401 g/mol. The van der Waals surface area contributed by atoms with Gasteiger partial charge in [0.05, 0.1) is 30.0 Å². The van der Waals surface area contributed by atoms with Crippen LogP contribution in [0, 0.1) is 5.82 Å². The molecule has 0 spiro atoms. The molecule has 1 aliphatic rings. The Kier molecular flexibility index (Phi) is 5.94. The van der Waals surface area contributed by atoms with Crippen molar-refractivity contribution >= 4 is 22.6 Å². The molecule has 1 atom stereocenters. The van der Waals surface area contributed by atoms with Crippen molar-refractivity contribution in [2.75, 3.05) is 45.3 Å². The molecule has 0 N–H and O–H groups in total. The van der Waals surface area contributed by atoms with Gasteiger partial charge in [0.15, 0.2) is 5.52 Å². The molecule has 1 fully saturated rings. The van der Waals surface area contributed by atoms with E-state index in [9.17, 15) is 9.18 Å². The number of halogens is 1. The number of nitrogens with zero attached hydrogens (tertiary/aromatic N) is 5. The van der Waals surface area contributed by atoms with Gasteiger partial charge in [-0.15, -0.1) is 0 Å². The number of pyridine rings is 1. The molecule has 3 heterocycles. The Morgan fingerprint density at radius 3 is 2.84 bits per heavy atom. The van der Waals surface area contributed by atoms with E-state index in [1.165, 1.54) is 13.0 Å². The van der Waals surface area contributed by atoms with Gasteiger partial charge in [0.1, 0.15) is 18.5 Å². The van der Waals surface area contributed by atoms with Gasteiger partial charge in [-0.1, -0.05) is 6.07 Å². The molecule has 3 aromatic rings. The normalized spacial score (nSPS) is 16.4. The monoisotopic (exact) mass is 425 g/mol. The molecular formula is C22H24FN5O3. The van der Waals surface area contributed by atoms with Crippen LogP contribution in [-0.4, -0.2) is 72.3 Å². The number of rotatable bonds is 5. The Morgan fingerprint density at radius 1 is 1.29 bits per heavy atom. The lowest BCUT2D eigenvalue weighted by molar-refractivity contribution is -0.137. The summed E-state index contributed by atoms with van der Waals surface area (Å²) in [5.41, 5.74) is 2.73. The number of aromatic nitrogens is 3. The van der Waals surface area contributed by atoms with Crippen molar-refractivity contribution in [2.45, 2.75) is 13.0 Å². The maximum absolute atomic E-state index is 14.5. The second-order valence-corrected chi connectivity index (χ2v) is 7.57. The fourth-order valence-electron chi connectivity index (χ4n) is 3.50. The summed E-state index contributed by atoms with van der Waals surface area (Å²) in [6.45, 7) is 3.23. The first-order chi connectivity index (χ1) is 14.9. The highest BCUT2D eigenvalue weighted by Gasteiger charge is 2.23. The van der Waals surface area contributed by atoms with Crippen LogP contribution in [0.3, 0.4) is 0 Å². The molecule has 162 valence electrons. The van der Waals surface area contributed by atoms with Gasteiger partial charge in [-0.25, -0.2) is 14.4 Å². The molecule has 1 amide bonds. The van der Waals surface area contributed by atoms with Crippen molar-refractivity contribution in [1.29, 1.82) is 0 Å². The van der Waals surface area contributed by atoms with Gasteiger partial charge in [0, 0.05) is 45.5 Å². The van der Waals surface area contributed by atoms with Crippen LogP contribution in [0.15, 0.2) is 36.7 Å². The largest absolute Gasteiger partial charge is 0.473 e. The van der Waals surface area contributed by atoms with E-state index < -0.39 is 0 Å². The highest BCUT2D eigenvalue weighted by Crippen LogP contribution is 2.29. The minimum atomic E-state index is -0.342. The highest BCUT2D eigenvalue weighted by atomic mass is 19.1. The summed E-state index contributed by atoms with van der Waals surface area (Å²) in [5.74, 6) is -0.0416. The zero-order valence-corrected chi connectivity index (χ0v) is 17.7. The average Bonchev–Trinajstić information content (AvgIpc) is 2.77. The lowest BCUT2D eigenvalue weighted by Gasteiger charge is -2.32. The van der Waals surface area contributed by atoms with E-state index in [0.717, 1.165) is 0 Å². The first-order valence-corrected chi connectivity index (χ1v) is 10.0. The third kappa shape index (κ3) is 4.56. The number of benzene rings is 1. The summed E-state index contributed by atoms with van der Waals surface area (Å²) in [5, 5.41) is 0. The molecule has 9 heteroatoms. The number of anilines is 1. The number of amides is 1. The minimum Gasteiger partial charge on any atom is -0.473 e. The molecule has 4 rings (SSSR count). The lowest BCUT2D eigenvalue weighted by Crippen LogP contribution is -2.46. The number of carbonyl (C=O) groups excluding carboxylic acids is 1. The average molecular weight is 425 g/mol. The Balaban J connectivity index is 1.63. The van der Waals surface area contributed by atoms with Crippen LogP contribution in [0.25, 0.3) is 22.3 Å². The molecule has 0 radical (unpaired) electrons. The first kappa shape index (κ1) is 20.9. The number of hydrogen-bond donors (Lipinski definition) is 0. The molecule has 1 saturated heterocycles. The number of carbonyl (C=O) groups is 1. The summed E-state index contributed by atoms with van der Waals surface area (Å²) >= 11 is 0. The van der Waals surface area contributed by atoms with Gasteiger partial charge in [-0.2, -0.15) is 0 Å². The Hall–Kier alpha value is -3.33. The standard InChI is InChI=1S/C22H24FN5O3/c1-14(29)28-8-9-30-16(12-28)13-31-22-21-19(24-6-7-25-21)11-18(26-22)15-4-5-20(27(2)3)17(23)10-15/h4-7,10-11,16H,8-9,12-13H2,1-3H3/t16-/m0/s1. The predicted octanol–water partition coefficient (Wildman–Crippen LogP) is 2.52. The molecule has 0 unspecified atom stereocenters. The zero-order valence-electron chi connectivity index (χ0n) is 17.7. The molecule has 0 saturated carbocycles. The number of ether oxygens (including phenoxy) is 2. The van der Waals surface area contributed by atoms with Crippen LogP contribution in [0.4, 0.5) is 10.1 Å². The summed E-state index contributed by atoms with van der Waals surface area (Å²) in [7, 11) is 3.57. The Labute approximate surface area is 179 Å². The fraction of sp³-hybridized carbons (Fsp3) is 0.364. The molecule has 1 aromatic carbocycles. The second-order valence-electron chi connectivity index (χ2n) is 7.57. The third-order valence-electron chi connectivity index (χ3n) is 5.14. The van der Waals surface area contributed by atoms with Gasteiger partial charge < -0.3 is 19.3 Å². The molecule has 8 nitrogen and oxygen atoms in total. The predicted molar refractivity (Wildman–Crippen MR) is 115 cm³/mol. The van der Waals surface area contributed by atoms with Crippen molar-refractivity contribution in [2.24, 2.45) is 0 Å². The van der Waals surface area contributed by atoms with E-state index >= 15 is 0 Å². The van der Waals surface area contributed by atoms with E-state index in [1.54, 1.807) is 48.4 Å². The smallest absolute Gasteiger partial charge is 0.242 e. The zero-order chi connectivity index (χ0) is 22.0. The van der Waals surface area contributed by atoms with Crippen LogP contribution < -0.4 is 9.64 Å².